The van der Waals surface area contributed by atoms with Gasteiger partial charge in [0, 0.05) is 6.04 Å². The third-order valence-corrected chi connectivity index (χ3v) is 4.27. The number of hydrogen-bond donors (Lipinski definition) is 1. The van der Waals surface area contributed by atoms with Crippen LogP contribution in [0.1, 0.15) is 57.4 Å². The van der Waals surface area contributed by atoms with Gasteiger partial charge in [-0.3, -0.25) is 0 Å². The van der Waals surface area contributed by atoms with E-state index in [1.54, 1.807) is 6.07 Å². The van der Waals surface area contributed by atoms with Crippen molar-refractivity contribution in [2.75, 3.05) is 5.32 Å². The number of aryl methyl sites for hydroxylation is 1. The highest BCUT2D eigenvalue weighted by molar-refractivity contribution is 5.47. The average molecular weight is 263 g/mol. The van der Waals surface area contributed by atoms with Crippen molar-refractivity contribution in [3.63, 3.8) is 0 Å². The van der Waals surface area contributed by atoms with Gasteiger partial charge in [-0.25, -0.2) is 4.39 Å². The normalized spacial score (nSPS) is 23.9. The van der Waals surface area contributed by atoms with Crippen LogP contribution in [0.5, 0.6) is 0 Å². The Hall–Kier alpha value is -1.05. The summed E-state index contributed by atoms with van der Waals surface area (Å²) in [6.07, 6.45) is 8.91. The monoisotopic (exact) mass is 263 g/mol. The molecule has 0 bridgehead atoms. The van der Waals surface area contributed by atoms with Gasteiger partial charge < -0.3 is 5.32 Å². The lowest BCUT2D eigenvalue weighted by atomic mass is 9.95. The van der Waals surface area contributed by atoms with Gasteiger partial charge in [0.25, 0.3) is 0 Å². The standard InChI is InChI=1S/C17H26FN/c1-3-5-14-6-4-7-15(10-9-14)19-17-12-13(2)8-11-16(17)18/h8,11-12,14-15,19H,3-7,9-10H2,1-2H3. The molecule has 2 unspecified atom stereocenters. The molecule has 1 fully saturated rings. The molecule has 1 aliphatic carbocycles. The van der Waals surface area contributed by atoms with Crippen LogP contribution in [0.3, 0.4) is 0 Å². The van der Waals surface area contributed by atoms with Crippen molar-refractivity contribution >= 4 is 5.69 Å². The summed E-state index contributed by atoms with van der Waals surface area (Å²) in [5, 5.41) is 3.42. The highest BCUT2D eigenvalue weighted by Gasteiger charge is 2.19. The van der Waals surface area contributed by atoms with E-state index in [1.807, 2.05) is 19.1 Å². The van der Waals surface area contributed by atoms with E-state index in [0.29, 0.717) is 11.7 Å². The zero-order valence-corrected chi connectivity index (χ0v) is 12.2. The Kier molecular flexibility index (Phi) is 5.24. The second kappa shape index (κ2) is 6.93. The van der Waals surface area contributed by atoms with Gasteiger partial charge in [0.2, 0.25) is 0 Å². The van der Waals surface area contributed by atoms with E-state index in [9.17, 15) is 4.39 Å². The third-order valence-electron chi connectivity index (χ3n) is 4.27. The highest BCUT2D eigenvalue weighted by atomic mass is 19.1. The zero-order valence-electron chi connectivity index (χ0n) is 12.2. The second-order valence-electron chi connectivity index (χ2n) is 5.99. The quantitative estimate of drug-likeness (QED) is 0.727. The molecule has 1 nitrogen and oxygen atoms in total. The molecule has 0 heterocycles. The predicted molar refractivity (Wildman–Crippen MR) is 80.0 cm³/mol. The molecular weight excluding hydrogens is 237 g/mol. The lowest BCUT2D eigenvalue weighted by Gasteiger charge is -2.19. The lowest BCUT2D eigenvalue weighted by Crippen LogP contribution is -2.19. The Morgan fingerprint density at radius 1 is 1.21 bits per heavy atom. The smallest absolute Gasteiger partial charge is 0.146 e. The number of benzene rings is 1. The van der Waals surface area contributed by atoms with Gasteiger partial charge in [0.05, 0.1) is 5.69 Å². The molecule has 0 amide bonds. The van der Waals surface area contributed by atoms with Gasteiger partial charge in [-0.15, -0.1) is 0 Å². The van der Waals surface area contributed by atoms with Gasteiger partial charge in [-0.1, -0.05) is 38.7 Å². The van der Waals surface area contributed by atoms with E-state index < -0.39 is 0 Å². The Morgan fingerprint density at radius 3 is 2.84 bits per heavy atom. The maximum absolute atomic E-state index is 13.8. The number of rotatable bonds is 4. The fraction of sp³-hybridized carbons (Fsp3) is 0.647. The largest absolute Gasteiger partial charge is 0.380 e. The Morgan fingerprint density at radius 2 is 2.05 bits per heavy atom. The molecule has 2 atom stereocenters. The number of hydrogen-bond acceptors (Lipinski definition) is 1. The molecular formula is C17H26FN. The summed E-state index contributed by atoms with van der Waals surface area (Å²) in [5.74, 6) is 0.763. The Balaban J connectivity index is 1.94. The molecule has 0 spiro atoms. The molecule has 19 heavy (non-hydrogen) atoms. The molecule has 0 aromatic heterocycles. The van der Waals surface area contributed by atoms with Crippen LogP contribution in [0.2, 0.25) is 0 Å². The molecule has 0 saturated heterocycles. The number of nitrogens with one attached hydrogen (secondary N) is 1. The lowest BCUT2D eigenvalue weighted by molar-refractivity contribution is 0.422. The van der Waals surface area contributed by atoms with Crippen molar-refractivity contribution in [2.45, 2.75) is 64.8 Å². The van der Waals surface area contributed by atoms with Crippen molar-refractivity contribution in [3.05, 3.63) is 29.6 Å². The third kappa shape index (κ3) is 4.22. The van der Waals surface area contributed by atoms with Crippen molar-refractivity contribution in [2.24, 2.45) is 5.92 Å². The van der Waals surface area contributed by atoms with Crippen LogP contribution in [-0.4, -0.2) is 6.04 Å². The van der Waals surface area contributed by atoms with Gasteiger partial charge in [-0.2, -0.15) is 0 Å². The Labute approximate surface area is 116 Å². The Bertz CT molecular complexity index is 402. The predicted octanol–water partition coefficient (Wildman–Crippen LogP) is 5.30. The van der Waals surface area contributed by atoms with Crippen LogP contribution in [0.25, 0.3) is 0 Å². The first kappa shape index (κ1) is 14.4. The molecule has 1 saturated carbocycles. The van der Waals surface area contributed by atoms with Gasteiger partial charge in [0.15, 0.2) is 0 Å². The van der Waals surface area contributed by atoms with Crippen LogP contribution in [0.4, 0.5) is 10.1 Å². The van der Waals surface area contributed by atoms with Crippen molar-refractivity contribution < 1.29 is 4.39 Å². The first-order valence-corrected chi connectivity index (χ1v) is 7.71. The van der Waals surface area contributed by atoms with Gasteiger partial charge in [-0.05, 0) is 49.8 Å². The van der Waals surface area contributed by atoms with E-state index in [0.717, 1.165) is 11.5 Å². The molecule has 1 aliphatic rings. The number of anilines is 1. The van der Waals surface area contributed by atoms with Crippen molar-refractivity contribution in [1.82, 2.24) is 0 Å². The van der Waals surface area contributed by atoms with Crippen LogP contribution >= 0.6 is 0 Å². The van der Waals surface area contributed by atoms with Crippen molar-refractivity contribution in [1.29, 1.82) is 0 Å². The molecule has 1 N–H and O–H groups in total. The highest BCUT2D eigenvalue weighted by Crippen LogP contribution is 2.29. The maximum atomic E-state index is 13.8. The summed E-state index contributed by atoms with van der Waals surface area (Å²) >= 11 is 0. The molecule has 1 aromatic carbocycles. The van der Waals surface area contributed by atoms with E-state index in [2.05, 4.69) is 12.2 Å². The molecule has 0 aliphatic heterocycles. The van der Waals surface area contributed by atoms with E-state index in [4.69, 9.17) is 0 Å². The van der Waals surface area contributed by atoms with Gasteiger partial charge >= 0.3 is 0 Å². The molecule has 2 rings (SSSR count). The maximum Gasteiger partial charge on any atom is 0.146 e. The first-order valence-electron chi connectivity index (χ1n) is 7.71. The van der Waals surface area contributed by atoms with E-state index in [1.165, 1.54) is 44.9 Å². The zero-order chi connectivity index (χ0) is 13.7. The van der Waals surface area contributed by atoms with Crippen LogP contribution in [-0.2, 0) is 0 Å². The van der Waals surface area contributed by atoms with E-state index >= 15 is 0 Å². The minimum Gasteiger partial charge on any atom is -0.380 e. The fourth-order valence-electron chi connectivity index (χ4n) is 3.19. The summed E-state index contributed by atoms with van der Waals surface area (Å²) in [5.41, 5.74) is 1.79. The minimum absolute atomic E-state index is 0.125. The van der Waals surface area contributed by atoms with E-state index in [-0.39, 0.29) is 5.82 Å². The van der Waals surface area contributed by atoms with Crippen molar-refractivity contribution in [3.8, 4) is 0 Å². The summed E-state index contributed by atoms with van der Waals surface area (Å²) in [4.78, 5) is 0. The summed E-state index contributed by atoms with van der Waals surface area (Å²) in [7, 11) is 0. The minimum atomic E-state index is -0.125. The average Bonchev–Trinajstić information content (AvgIpc) is 2.60. The van der Waals surface area contributed by atoms with Crippen LogP contribution in [0.15, 0.2) is 18.2 Å². The SMILES string of the molecule is CCCC1CCCC(Nc2cc(C)ccc2F)CC1. The fourth-order valence-corrected chi connectivity index (χ4v) is 3.19. The molecule has 106 valence electrons. The van der Waals surface area contributed by atoms with Crippen LogP contribution < -0.4 is 5.32 Å². The summed E-state index contributed by atoms with van der Waals surface area (Å²) in [6, 6.07) is 5.75. The second-order valence-corrected chi connectivity index (χ2v) is 5.99. The molecule has 1 aromatic rings. The number of halogens is 1. The summed E-state index contributed by atoms with van der Waals surface area (Å²) in [6.45, 7) is 4.28. The first-order chi connectivity index (χ1) is 9.19. The van der Waals surface area contributed by atoms with Crippen LogP contribution in [0, 0.1) is 18.7 Å². The molecule has 2 heteroatoms. The topological polar surface area (TPSA) is 12.0 Å². The summed E-state index contributed by atoms with van der Waals surface area (Å²) < 4.78 is 13.8. The van der Waals surface area contributed by atoms with Gasteiger partial charge in [0.1, 0.15) is 5.82 Å². The molecule has 0 radical (unpaired) electrons.